The van der Waals surface area contributed by atoms with Gasteiger partial charge in [-0.2, -0.15) is 5.06 Å². The van der Waals surface area contributed by atoms with Crippen molar-refractivity contribution in [3.05, 3.63) is 78.9 Å². The molecule has 2 atom stereocenters. The van der Waals surface area contributed by atoms with Gasteiger partial charge in [0.05, 0.1) is 10.9 Å². The van der Waals surface area contributed by atoms with Gasteiger partial charge < -0.3 is 5.21 Å². The molecule has 0 saturated heterocycles. The number of hydroxylamine groups is 2. The summed E-state index contributed by atoms with van der Waals surface area (Å²) in [6.07, 6.45) is 1.40. The lowest BCUT2D eigenvalue weighted by Gasteiger charge is -2.39. The molecular formula is C20H25NO3S. The molecule has 0 radical (unpaired) electrons. The Bertz CT molecular complexity index is 796. The second-order valence-electron chi connectivity index (χ2n) is 6.93. The minimum Gasteiger partial charge on any atom is -0.313 e. The average molecular weight is 359 g/mol. The van der Waals surface area contributed by atoms with Crippen LogP contribution in [0.1, 0.15) is 32.4 Å². The molecule has 0 aliphatic heterocycles. The van der Waals surface area contributed by atoms with Gasteiger partial charge in [0.1, 0.15) is 5.25 Å². The van der Waals surface area contributed by atoms with E-state index < -0.39 is 26.7 Å². The molecule has 0 saturated carbocycles. The van der Waals surface area contributed by atoms with Crippen molar-refractivity contribution in [2.24, 2.45) is 0 Å². The summed E-state index contributed by atoms with van der Waals surface area (Å²) in [4.78, 5) is 0.211. The van der Waals surface area contributed by atoms with Crippen LogP contribution in [0.5, 0.6) is 0 Å². The first-order valence-electron chi connectivity index (χ1n) is 8.14. The zero-order valence-corrected chi connectivity index (χ0v) is 15.6. The highest BCUT2D eigenvalue weighted by atomic mass is 32.2. The molecule has 0 spiro atoms. The predicted molar refractivity (Wildman–Crippen MR) is 100 cm³/mol. The first-order valence-corrected chi connectivity index (χ1v) is 9.69. The van der Waals surface area contributed by atoms with Gasteiger partial charge in [-0.25, -0.2) is 8.42 Å². The summed E-state index contributed by atoms with van der Waals surface area (Å²) in [7, 11) is -3.72. The normalized spacial score (nSPS) is 14.9. The standard InChI is InChI=1S/C20H25NO3S/c1-5-18(25(23,24)17-14-10-7-11-15-17)19(21(22)20(2,3)4)16-12-8-6-9-13-16/h5-15,18-19,22H,1H2,2-4H3/t18-,19+/m1/s1. The van der Waals surface area contributed by atoms with Crippen molar-refractivity contribution in [1.29, 1.82) is 0 Å². The molecule has 0 heterocycles. The molecule has 1 N–H and O–H groups in total. The summed E-state index contributed by atoms with van der Waals surface area (Å²) in [5.74, 6) is 0. The SMILES string of the molecule is C=C[C@H]([C@H](c1ccccc1)N(O)C(C)(C)C)S(=O)(=O)c1ccccc1. The summed E-state index contributed by atoms with van der Waals surface area (Å²) in [6.45, 7) is 9.24. The van der Waals surface area contributed by atoms with Crippen LogP contribution in [0.15, 0.2) is 78.2 Å². The Hall–Kier alpha value is -1.95. The van der Waals surface area contributed by atoms with Gasteiger partial charge in [0.15, 0.2) is 9.84 Å². The van der Waals surface area contributed by atoms with Crippen LogP contribution < -0.4 is 0 Å². The fraction of sp³-hybridized carbons (Fsp3) is 0.300. The van der Waals surface area contributed by atoms with E-state index in [1.807, 2.05) is 51.1 Å². The second kappa shape index (κ2) is 7.52. The number of hydrogen-bond donors (Lipinski definition) is 1. The Kier molecular flexibility index (Phi) is 5.83. The van der Waals surface area contributed by atoms with E-state index >= 15 is 0 Å². The molecule has 0 fully saturated rings. The third-order valence-electron chi connectivity index (χ3n) is 4.07. The lowest BCUT2D eigenvalue weighted by atomic mass is 9.98. The summed E-state index contributed by atoms with van der Waals surface area (Å²) in [6, 6.07) is 16.6. The zero-order valence-electron chi connectivity index (χ0n) is 14.8. The minimum atomic E-state index is -3.72. The molecule has 2 aromatic rings. The third-order valence-corrected chi connectivity index (χ3v) is 6.16. The molecule has 25 heavy (non-hydrogen) atoms. The Balaban J connectivity index is 2.60. The van der Waals surface area contributed by atoms with Crippen LogP contribution in [-0.2, 0) is 9.84 Å². The molecule has 0 aromatic heterocycles. The van der Waals surface area contributed by atoms with E-state index in [1.54, 1.807) is 30.3 Å². The smallest absolute Gasteiger partial charge is 0.186 e. The number of hydrogen-bond acceptors (Lipinski definition) is 4. The van der Waals surface area contributed by atoms with Crippen LogP contribution in [0.3, 0.4) is 0 Å². The maximum Gasteiger partial charge on any atom is 0.186 e. The highest BCUT2D eigenvalue weighted by Crippen LogP contribution is 2.35. The maximum absolute atomic E-state index is 13.2. The molecule has 0 bridgehead atoms. The molecule has 2 rings (SSSR count). The van der Waals surface area contributed by atoms with Gasteiger partial charge >= 0.3 is 0 Å². The summed E-state index contributed by atoms with van der Waals surface area (Å²) in [5, 5.41) is 10.9. The van der Waals surface area contributed by atoms with Crippen LogP contribution in [0.25, 0.3) is 0 Å². The molecule has 5 heteroatoms. The van der Waals surface area contributed by atoms with E-state index in [2.05, 4.69) is 6.58 Å². The van der Waals surface area contributed by atoms with Crippen molar-refractivity contribution in [2.45, 2.75) is 42.5 Å². The predicted octanol–water partition coefficient (Wildman–Crippen LogP) is 4.25. The zero-order chi connectivity index (χ0) is 18.7. The highest BCUT2D eigenvalue weighted by molar-refractivity contribution is 7.92. The Morgan fingerprint density at radius 2 is 1.48 bits per heavy atom. The summed E-state index contributed by atoms with van der Waals surface area (Å²) >= 11 is 0. The second-order valence-corrected chi connectivity index (χ2v) is 9.04. The molecule has 0 unspecified atom stereocenters. The van der Waals surface area contributed by atoms with Crippen molar-refractivity contribution in [3.8, 4) is 0 Å². The van der Waals surface area contributed by atoms with Crippen molar-refractivity contribution < 1.29 is 13.6 Å². The lowest BCUT2D eigenvalue weighted by Crippen LogP contribution is -2.47. The van der Waals surface area contributed by atoms with Gasteiger partial charge in [-0.05, 0) is 38.5 Å². The maximum atomic E-state index is 13.2. The Morgan fingerprint density at radius 3 is 1.92 bits per heavy atom. The molecule has 4 nitrogen and oxygen atoms in total. The molecule has 134 valence electrons. The van der Waals surface area contributed by atoms with Crippen LogP contribution >= 0.6 is 0 Å². The average Bonchev–Trinajstić information content (AvgIpc) is 2.59. The van der Waals surface area contributed by atoms with E-state index in [-0.39, 0.29) is 4.90 Å². The number of benzene rings is 2. The Morgan fingerprint density at radius 1 is 1.00 bits per heavy atom. The molecule has 0 amide bonds. The van der Waals surface area contributed by atoms with E-state index in [0.717, 1.165) is 5.06 Å². The van der Waals surface area contributed by atoms with Gasteiger partial charge in [0.2, 0.25) is 0 Å². The van der Waals surface area contributed by atoms with E-state index in [1.165, 1.54) is 6.08 Å². The number of sulfone groups is 1. The molecule has 2 aromatic carbocycles. The van der Waals surface area contributed by atoms with Gasteiger partial charge in [-0.15, -0.1) is 6.58 Å². The molecule has 0 aliphatic carbocycles. The van der Waals surface area contributed by atoms with Crippen molar-refractivity contribution >= 4 is 9.84 Å². The number of nitrogens with zero attached hydrogens (tertiary/aromatic N) is 1. The first-order chi connectivity index (χ1) is 11.7. The minimum absolute atomic E-state index is 0.211. The van der Waals surface area contributed by atoms with Crippen LogP contribution in [0.4, 0.5) is 0 Å². The molecule has 0 aliphatic rings. The Labute approximate surface area is 150 Å². The van der Waals surface area contributed by atoms with Crippen molar-refractivity contribution in [1.82, 2.24) is 5.06 Å². The van der Waals surface area contributed by atoms with Crippen LogP contribution in [0, 0.1) is 0 Å². The van der Waals surface area contributed by atoms with Crippen molar-refractivity contribution in [2.75, 3.05) is 0 Å². The first kappa shape index (κ1) is 19.4. The van der Waals surface area contributed by atoms with E-state index in [9.17, 15) is 13.6 Å². The van der Waals surface area contributed by atoms with E-state index in [0.29, 0.717) is 5.56 Å². The molecular weight excluding hydrogens is 334 g/mol. The largest absolute Gasteiger partial charge is 0.313 e. The monoisotopic (exact) mass is 359 g/mol. The summed E-state index contributed by atoms with van der Waals surface area (Å²) in [5.41, 5.74) is 0.0675. The van der Waals surface area contributed by atoms with Crippen LogP contribution in [-0.4, -0.2) is 29.5 Å². The van der Waals surface area contributed by atoms with Gasteiger partial charge in [0.25, 0.3) is 0 Å². The summed E-state index contributed by atoms with van der Waals surface area (Å²) < 4.78 is 26.4. The fourth-order valence-corrected chi connectivity index (χ4v) is 4.45. The topological polar surface area (TPSA) is 57.6 Å². The van der Waals surface area contributed by atoms with Gasteiger partial charge in [-0.3, -0.25) is 0 Å². The van der Waals surface area contributed by atoms with Crippen molar-refractivity contribution in [3.63, 3.8) is 0 Å². The highest BCUT2D eigenvalue weighted by Gasteiger charge is 2.40. The quantitative estimate of drug-likeness (QED) is 0.619. The third kappa shape index (κ3) is 4.18. The fourth-order valence-electron chi connectivity index (χ4n) is 2.73. The number of rotatable bonds is 6. The lowest BCUT2D eigenvalue weighted by molar-refractivity contribution is -0.187. The van der Waals surface area contributed by atoms with Crippen LogP contribution in [0.2, 0.25) is 0 Å². The van der Waals surface area contributed by atoms with Gasteiger partial charge in [-0.1, -0.05) is 54.6 Å². The van der Waals surface area contributed by atoms with E-state index in [4.69, 9.17) is 0 Å². The van der Waals surface area contributed by atoms with Gasteiger partial charge in [0, 0.05) is 5.54 Å².